The number of benzene rings is 1. The maximum Gasteiger partial charge on any atom is 0.255 e. The van der Waals surface area contributed by atoms with Gasteiger partial charge in [0.05, 0.1) is 16.8 Å². The number of aryl methyl sites for hydroxylation is 2. The number of para-hydroxylation sites is 1. The fraction of sp³-hybridized carbons (Fsp3) is 0.348. The smallest absolute Gasteiger partial charge is 0.255 e. The second kappa shape index (κ2) is 8.98. The van der Waals surface area contributed by atoms with Gasteiger partial charge in [0.15, 0.2) is 0 Å². The lowest BCUT2D eigenvalue weighted by molar-refractivity contribution is 0.0946. The van der Waals surface area contributed by atoms with Crippen LogP contribution in [0.15, 0.2) is 47.1 Å². The molecule has 1 N–H and O–H groups in total. The predicted octanol–water partition coefficient (Wildman–Crippen LogP) is 3.80. The van der Waals surface area contributed by atoms with Crippen molar-refractivity contribution in [1.29, 1.82) is 0 Å². The Morgan fingerprint density at radius 1 is 1.20 bits per heavy atom. The summed E-state index contributed by atoms with van der Waals surface area (Å²) in [6, 6.07) is 11.2. The molecule has 1 saturated heterocycles. The Hall–Kier alpha value is -3.35. The summed E-state index contributed by atoms with van der Waals surface area (Å²) >= 11 is 0. The molecular weight excluding hydrogens is 380 g/mol. The number of ether oxygens (including phenoxy) is 1. The van der Waals surface area contributed by atoms with Gasteiger partial charge in [0.1, 0.15) is 23.9 Å². The molecule has 0 spiro atoms. The number of carbonyl (C=O) groups excluding carboxylic acids is 1. The quantitative estimate of drug-likeness (QED) is 0.643. The van der Waals surface area contributed by atoms with Crippen molar-refractivity contribution in [3.05, 3.63) is 70.7 Å². The largest absolute Gasteiger partial charge is 0.488 e. The van der Waals surface area contributed by atoms with E-state index in [9.17, 15) is 4.79 Å². The summed E-state index contributed by atoms with van der Waals surface area (Å²) in [7, 11) is 0. The van der Waals surface area contributed by atoms with E-state index in [0.29, 0.717) is 24.5 Å². The van der Waals surface area contributed by atoms with Crippen LogP contribution in [0.5, 0.6) is 5.75 Å². The van der Waals surface area contributed by atoms with Crippen molar-refractivity contribution in [2.75, 3.05) is 18.0 Å². The molecule has 0 aliphatic carbocycles. The van der Waals surface area contributed by atoms with Crippen LogP contribution in [0, 0.1) is 13.8 Å². The molecule has 156 valence electrons. The molecule has 2 aromatic heterocycles. The average molecular weight is 406 g/mol. The van der Waals surface area contributed by atoms with Crippen molar-refractivity contribution >= 4 is 11.7 Å². The molecule has 7 heteroatoms. The van der Waals surface area contributed by atoms with E-state index in [1.54, 1.807) is 18.3 Å². The third-order valence-corrected chi connectivity index (χ3v) is 5.38. The fourth-order valence-electron chi connectivity index (χ4n) is 3.61. The van der Waals surface area contributed by atoms with Crippen molar-refractivity contribution < 1.29 is 14.1 Å². The number of carbonyl (C=O) groups is 1. The van der Waals surface area contributed by atoms with Gasteiger partial charge in [-0.05, 0) is 56.5 Å². The van der Waals surface area contributed by atoms with Crippen LogP contribution in [0.4, 0.5) is 5.82 Å². The number of anilines is 1. The minimum atomic E-state index is -0.177. The molecule has 1 aromatic carbocycles. The number of hydrogen-bond acceptors (Lipinski definition) is 6. The van der Waals surface area contributed by atoms with Gasteiger partial charge in [-0.2, -0.15) is 0 Å². The minimum Gasteiger partial charge on any atom is -0.488 e. The van der Waals surface area contributed by atoms with Gasteiger partial charge in [-0.15, -0.1) is 0 Å². The molecule has 1 amide bonds. The predicted molar refractivity (Wildman–Crippen MR) is 114 cm³/mol. The van der Waals surface area contributed by atoms with Crippen LogP contribution in [0.25, 0.3) is 0 Å². The van der Waals surface area contributed by atoms with Crippen LogP contribution < -0.4 is 15.0 Å². The summed E-state index contributed by atoms with van der Waals surface area (Å²) < 4.78 is 11.1. The fourth-order valence-corrected chi connectivity index (χ4v) is 3.61. The number of nitrogens with zero attached hydrogens (tertiary/aromatic N) is 3. The first-order valence-corrected chi connectivity index (χ1v) is 10.2. The van der Waals surface area contributed by atoms with E-state index in [1.807, 2.05) is 38.1 Å². The first kappa shape index (κ1) is 19.9. The number of hydrogen-bond donors (Lipinski definition) is 1. The SMILES string of the molecule is Cc1noc(C)c1COc1ccccc1C(=O)NCc1ccnc(N2CCCC2)c1. The van der Waals surface area contributed by atoms with Crippen LogP contribution in [0.3, 0.4) is 0 Å². The third-order valence-electron chi connectivity index (χ3n) is 5.38. The molecule has 7 nitrogen and oxygen atoms in total. The minimum absolute atomic E-state index is 0.177. The van der Waals surface area contributed by atoms with E-state index in [0.717, 1.165) is 41.5 Å². The van der Waals surface area contributed by atoms with Gasteiger partial charge in [-0.1, -0.05) is 17.3 Å². The lowest BCUT2D eigenvalue weighted by Gasteiger charge is -2.17. The molecule has 4 rings (SSSR count). The summed E-state index contributed by atoms with van der Waals surface area (Å²) in [4.78, 5) is 19.6. The number of rotatable bonds is 7. The second-order valence-corrected chi connectivity index (χ2v) is 7.49. The Morgan fingerprint density at radius 3 is 2.77 bits per heavy atom. The van der Waals surface area contributed by atoms with E-state index >= 15 is 0 Å². The Labute approximate surface area is 176 Å². The molecule has 0 saturated carbocycles. The van der Waals surface area contributed by atoms with Gasteiger partial charge in [-0.25, -0.2) is 4.98 Å². The Morgan fingerprint density at radius 2 is 2.00 bits per heavy atom. The van der Waals surface area contributed by atoms with Crippen LogP contribution in [-0.4, -0.2) is 29.1 Å². The van der Waals surface area contributed by atoms with Crippen molar-refractivity contribution in [2.24, 2.45) is 0 Å². The summed E-state index contributed by atoms with van der Waals surface area (Å²) in [6.07, 6.45) is 4.20. The standard InChI is InChI=1S/C23H26N4O3/c1-16-20(17(2)30-26-16)15-29-21-8-4-3-7-19(21)23(28)25-14-18-9-10-24-22(13-18)27-11-5-6-12-27/h3-4,7-10,13H,5-6,11-12,14-15H2,1-2H3,(H,25,28). The first-order valence-electron chi connectivity index (χ1n) is 10.2. The van der Waals surface area contributed by atoms with Crippen LogP contribution in [0.2, 0.25) is 0 Å². The highest BCUT2D eigenvalue weighted by atomic mass is 16.5. The van der Waals surface area contributed by atoms with Crippen LogP contribution >= 0.6 is 0 Å². The Bertz CT molecular complexity index is 1010. The normalized spacial score (nSPS) is 13.5. The zero-order chi connectivity index (χ0) is 20.9. The second-order valence-electron chi connectivity index (χ2n) is 7.49. The maximum absolute atomic E-state index is 12.8. The molecule has 0 bridgehead atoms. The molecule has 0 atom stereocenters. The molecule has 30 heavy (non-hydrogen) atoms. The van der Waals surface area contributed by atoms with Gasteiger partial charge in [0.25, 0.3) is 5.91 Å². The molecular formula is C23H26N4O3. The van der Waals surface area contributed by atoms with Crippen LogP contribution in [-0.2, 0) is 13.2 Å². The number of nitrogens with one attached hydrogen (secondary N) is 1. The maximum atomic E-state index is 12.8. The molecule has 3 heterocycles. The first-order chi connectivity index (χ1) is 14.6. The van der Waals surface area contributed by atoms with Gasteiger partial charge in [-0.3, -0.25) is 4.79 Å². The Balaban J connectivity index is 1.41. The summed E-state index contributed by atoms with van der Waals surface area (Å²) in [5, 5.41) is 6.94. The van der Waals surface area contributed by atoms with Crippen LogP contribution in [0.1, 0.15) is 45.8 Å². The highest BCUT2D eigenvalue weighted by Gasteiger charge is 2.16. The number of aromatic nitrogens is 2. The lowest BCUT2D eigenvalue weighted by atomic mass is 10.1. The molecule has 1 aliphatic heterocycles. The van der Waals surface area contributed by atoms with Crippen molar-refractivity contribution in [1.82, 2.24) is 15.5 Å². The van der Waals surface area contributed by atoms with Crippen molar-refractivity contribution in [3.63, 3.8) is 0 Å². The topological polar surface area (TPSA) is 80.5 Å². The summed E-state index contributed by atoms with van der Waals surface area (Å²) in [5.74, 6) is 2.05. The summed E-state index contributed by atoms with van der Waals surface area (Å²) in [5.41, 5.74) is 3.21. The van der Waals surface area contributed by atoms with E-state index in [2.05, 4.69) is 20.4 Å². The molecule has 0 radical (unpaired) electrons. The average Bonchev–Trinajstić information content (AvgIpc) is 3.42. The highest BCUT2D eigenvalue weighted by Crippen LogP contribution is 2.22. The van der Waals surface area contributed by atoms with Crippen molar-refractivity contribution in [3.8, 4) is 5.75 Å². The molecule has 0 unspecified atom stereocenters. The molecule has 1 fully saturated rings. The molecule has 1 aliphatic rings. The van der Waals surface area contributed by atoms with E-state index in [4.69, 9.17) is 9.26 Å². The van der Waals surface area contributed by atoms with Gasteiger partial charge in [0.2, 0.25) is 0 Å². The third kappa shape index (κ3) is 4.45. The van der Waals surface area contributed by atoms with Gasteiger partial charge >= 0.3 is 0 Å². The van der Waals surface area contributed by atoms with E-state index < -0.39 is 0 Å². The zero-order valence-electron chi connectivity index (χ0n) is 17.4. The zero-order valence-corrected chi connectivity index (χ0v) is 17.4. The highest BCUT2D eigenvalue weighted by molar-refractivity contribution is 5.96. The van der Waals surface area contributed by atoms with Crippen molar-refractivity contribution in [2.45, 2.75) is 39.8 Å². The number of pyridine rings is 1. The summed E-state index contributed by atoms with van der Waals surface area (Å²) in [6.45, 7) is 6.54. The van der Waals surface area contributed by atoms with Gasteiger partial charge in [0, 0.05) is 25.8 Å². The number of amides is 1. The van der Waals surface area contributed by atoms with E-state index in [-0.39, 0.29) is 5.91 Å². The van der Waals surface area contributed by atoms with E-state index in [1.165, 1.54) is 12.8 Å². The monoisotopic (exact) mass is 406 g/mol. The van der Waals surface area contributed by atoms with Gasteiger partial charge < -0.3 is 19.5 Å². The lowest BCUT2D eigenvalue weighted by Crippen LogP contribution is -2.24. The molecule has 3 aromatic rings. The Kier molecular flexibility index (Phi) is 5.97.